The Hall–Kier alpha value is -3.74. The summed E-state index contributed by atoms with van der Waals surface area (Å²) in [4.78, 5) is 27.4. The Morgan fingerprint density at radius 2 is 1.81 bits per heavy atom. The second-order valence-electron chi connectivity index (χ2n) is 8.42. The van der Waals surface area contributed by atoms with E-state index in [0.717, 1.165) is 16.9 Å². The minimum absolute atomic E-state index is 0.0387. The van der Waals surface area contributed by atoms with Crippen LogP contribution in [0.25, 0.3) is 11.3 Å². The largest absolute Gasteiger partial charge is 0.497 e. The minimum Gasteiger partial charge on any atom is -0.497 e. The second kappa shape index (κ2) is 10.1. The Labute approximate surface area is 218 Å². The highest BCUT2D eigenvalue weighted by molar-refractivity contribution is 6.37. The number of nitrogens with one attached hydrogen (secondary N) is 1. The van der Waals surface area contributed by atoms with E-state index in [1.165, 1.54) is 6.07 Å². The van der Waals surface area contributed by atoms with Crippen molar-refractivity contribution in [3.63, 3.8) is 0 Å². The van der Waals surface area contributed by atoms with Gasteiger partial charge in [-0.25, -0.2) is 0 Å². The van der Waals surface area contributed by atoms with Gasteiger partial charge in [-0.05, 0) is 66.7 Å². The van der Waals surface area contributed by atoms with E-state index in [4.69, 9.17) is 32.4 Å². The van der Waals surface area contributed by atoms with Crippen LogP contribution in [0.2, 0.25) is 10.0 Å². The first-order chi connectivity index (χ1) is 17.4. The lowest BCUT2D eigenvalue weighted by Crippen LogP contribution is -2.35. The number of ether oxygens (including phenoxy) is 1. The molecular weight excluding hydrogens is 499 g/mol. The molecule has 3 aromatic carbocycles. The van der Waals surface area contributed by atoms with Crippen LogP contribution in [0.4, 0.5) is 5.69 Å². The lowest BCUT2D eigenvalue weighted by atomic mass is 10.1. The molecule has 0 saturated carbocycles. The number of furan rings is 1. The molecule has 0 spiro atoms. The van der Waals surface area contributed by atoms with Gasteiger partial charge in [-0.15, -0.1) is 0 Å². The second-order valence-corrected chi connectivity index (χ2v) is 9.27. The monoisotopic (exact) mass is 520 g/mol. The highest BCUT2D eigenvalue weighted by Crippen LogP contribution is 2.31. The molecule has 0 unspecified atom stereocenters. The molecule has 1 N–H and O–H groups in total. The van der Waals surface area contributed by atoms with E-state index >= 15 is 0 Å². The fraction of sp³-hybridized carbons (Fsp3) is 0.143. The van der Waals surface area contributed by atoms with E-state index in [1.807, 2.05) is 35.2 Å². The summed E-state index contributed by atoms with van der Waals surface area (Å²) in [7, 11) is 1.58. The van der Waals surface area contributed by atoms with Gasteiger partial charge >= 0.3 is 0 Å². The van der Waals surface area contributed by atoms with Gasteiger partial charge in [0.2, 0.25) is 0 Å². The lowest BCUT2D eigenvalue weighted by Gasteiger charge is -2.26. The van der Waals surface area contributed by atoms with E-state index in [-0.39, 0.29) is 16.8 Å². The van der Waals surface area contributed by atoms with Gasteiger partial charge in [0.1, 0.15) is 17.3 Å². The molecule has 0 atom stereocenters. The zero-order valence-electron chi connectivity index (χ0n) is 19.4. The third-order valence-corrected chi connectivity index (χ3v) is 6.62. The van der Waals surface area contributed by atoms with Crippen molar-refractivity contribution >= 4 is 40.7 Å². The molecule has 1 aromatic heterocycles. The lowest BCUT2D eigenvalue weighted by molar-refractivity contribution is 0.0729. The number of fused-ring (bicyclic) bond motifs is 1. The molecule has 2 amide bonds. The SMILES string of the molecule is COc1cccc(C(=O)N2CCc3oc(-c4ccc(NC(=O)c5ccc(Cl)cc5Cl)cc4)cc3C2)c1. The van der Waals surface area contributed by atoms with Gasteiger partial charge < -0.3 is 19.4 Å². The summed E-state index contributed by atoms with van der Waals surface area (Å²) in [6.45, 7) is 1.05. The van der Waals surface area contributed by atoms with Crippen molar-refractivity contribution in [3.05, 3.63) is 105 Å². The number of carbonyl (C=O) groups excluding carboxylic acids is 2. The van der Waals surface area contributed by atoms with Crippen molar-refractivity contribution in [2.45, 2.75) is 13.0 Å². The van der Waals surface area contributed by atoms with Crippen LogP contribution >= 0.6 is 23.2 Å². The van der Waals surface area contributed by atoms with Crippen molar-refractivity contribution in [1.82, 2.24) is 4.90 Å². The third kappa shape index (κ3) is 4.96. The summed E-state index contributed by atoms with van der Waals surface area (Å²) in [6, 6.07) is 21.2. The molecule has 5 rings (SSSR count). The molecule has 2 heterocycles. The first kappa shape index (κ1) is 24.0. The number of methoxy groups -OCH3 is 1. The van der Waals surface area contributed by atoms with Crippen LogP contribution < -0.4 is 10.1 Å². The van der Waals surface area contributed by atoms with Crippen LogP contribution in [-0.2, 0) is 13.0 Å². The number of hydrogen-bond acceptors (Lipinski definition) is 4. The Kier molecular flexibility index (Phi) is 6.72. The number of nitrogens with zero attached hydrogens (tertiary/aromatic N) is 1. The number of rotatable bonds is 5. The number of benzene rings is 3. The van der Waals surface area contributed by atoms with Crippen molar-refractivity contribution in [2.75, 3.05) is 19.0 Å². The first-order valence-corrected chi connectivity index (χ1v) is 12.1. The van der Waals surface area contributed by atoms with E-state index < -0.39 is 0 Å². The zero-order chi connectivity index (χ0) is 25.2. The summed E-state index contributed by atoms with van der Waals surface area (Å²) < 4.78 is 11.3. The average molecular weight is 521 g/mol. The maximum Gasteiger partial charge on any atom is 0.257 e. The fourth-order valence-electron chi connectivity index (χ4n) is 4.18. The normalized spacial score (nSPS) is 12.7. The maximum atomic E-state index is 13.0. The van der Waals surface area contributed by atoms with Gasteiger partial charge in [-0.1, -0.05) is 29.3 Å². The molecule has 8 heteroatoms. The van der Waals surface area contributed by atoms with Gasteiger partial charge in [0.25, 0.3) is 11.8 Å². The minimum atomic E-state index is -0.321. The van der Waals surface area contributed by atoms with Crippen molar-refractivity contribution in [3.8, 4) is 17.1 Å². The number of anilines is 1. The van der Waals surface area contributed by atoms with E-state index in [9.17, 15) is 9.59 Å². The highest BCUT2D eigenvalue weighted by atomic mass is 35.5. The molecule has 0 saturated heterocycles. The Morgan fingerprint density at radius 3 is 2.56 bits per heavy atom. The van der Waals surface area contributed by atoms with Crippen LogP contribution in [-0.4, -0.2) is 30.4 Å². The van der Waals surface area contributed by atoms with Crippen LogP contribution in [0.15, 0.2) is 77.2 Å². The van der Waals surface area contributed by atoms with E-state index in [0.29, 0.717) is 52.9 Å². The predicted octanol–water partition coefficient (Wildman–Crippen LogP) is 6.71. The van der Waals surface area contributed by atoms with Gasteiger partial charge in [0.15, 0.2) is 0 Å². The molecule has 6 nitrogen and oxygen atoms in total. The molecule has 0 fully saturated rings. The average Bonchev–Trinajstić information content (AvgIpc) is 3.32. The number of carbonyl (C=O) groups is 2. The van der Waals surface area contributed by atoms with E-state index in [2.05, 4.69) is 5.32 Å². The maximum absolute atomic E-state index is 13.0. The fourth-order valence-corrected chi connectivity index (χ4v) is 4.67. The van der Waals surface area contributed by atoms with Crippen molar-refractivity contribution < 1.29 is 18.7 Å². The molecule has 0 bridgehead atoms. The number of amides is 2. The molecular formula is C28H22Cl2N2O4. The van der Waals surface area contributed by atoms with Gasteiger partial charge in [0.05, 0.1) is 17.7 Å². The molecule has 36 heavy (non-hydrogen) atoms. The quantitative estimate of drug-likeness (QED) is 0.317. The summed E-state index contributed by atoms with van der Waals surface area (Å²) in [6.07, 6.45) is 0.640. The van der Waals surface area contributed by atoms with Crippen molar-refractivity contribution in [2.24, 2.45) is 0 Å². The highest BCUT2D eigenvalue weighted by Gasteiger charge is 2.25. The standard InChI is InChI=1S/C28H22Cl2N2O4/c1-35-22-4-2-3-18(13-22)28(34)32-12-11-25-19(16-32)14-26(36-25)17-5-8-21(9-6-17)31-27(33)23-10-7-20(29)15-24(23)30/h2-10,13-15H,11-12,16H2,1H3,(H,31,33). The van der Waals surface area contributed by atoms with Crippen LogP contribution in [0, 0.1) is 0 Å². The van der Waals surface area contributed by atoms with E-state index in [1.54, 1.807) is 43.5 Å². The third-order valence-electron chi connectivity index (χ3n) is 6.07. The van der Waals surface area contributed by atoms with Gasteiger partial charge in [-0.2, -0.15) is 0 Å². The number of hydrogen-bond donors (Lipinski definition) is 1. The summed E-state index contributed by atoms with van der Waals surface area (Å²) in [5, 5.41) is 3.59. The Bertz CT molecular complexity index is 1450. The van der Waals surface area contributed by atoms with Crippen LogP contribution in [0.3, 0.4) is 0 Å². The number of halogens is 2. The summed E-state index contributed by atoms with van der Waals surface area (Å²) >= 11 is 12.0. The molecule has 0 radical (unpaired) electrons. The molecule has 1 aliphatic heterocycles. The molecule has 0 aliphatic carbocycles. The molecule has 1 aliphatic rings. The molecule has 182 valence electrons. The van der Waals surface area contributed by atoms with Gasteiger partial charge in [-0.3, -0.25) is 9.59 Å². The Balaban J connectivity index is 1.28. The summed E-state index contributed by atoms with van der Waals surface area (Å²) in [5.74, 6) is 1.89. The van der Waals surface area contributed by atoms with Crippen LogP contribution in [0.5, 0.6) is 5.75 Å². The summed E-state index contributed by atoms with van der Waals surface area (Å²) in [5.41, 5.74) is 3.43. The van der Waals surface area contributed by atoms with Crippen LogP contribution in [0.1, 0.15) is 32.0 Å². The van der Waals surface area contributed by atoms with Gasteiger partial charge in [0, 0.05) is 46.9 Å². The first-order valence-electron chi connectivity index (χ1n) is 11.3. The zero-order valence-corrected chi connectivity index (χ0v) is 20.9. The topological polar surface area (TPSA) is 71.8 Å². The smallest absolute Gasteiger partial charge is 0.257 e. The Morgan fingerprint density at radius 1 is 1.00 bits per heavy atom. The van der Waals surface area contributed by atoms with Crippen molar-refractivity contribution in [1.29, 1.82) is 0 Å². The predicted molar refractivity (Wildman–Crippen MR) is 140 cm³/mol. The molecule has 4 aromatic rings.